The van der Waals surface area contributed by atoms with Crippen molar-refractivity contribution in [2.75, 3.05) is 20.8 Å². The van der Waals surface area contributed by atoms with Crippen LogP contribution in [0.25, 0.3) is 0 Å². The highest BCUT2D eigenvalue weighted by molar-refractivity contribution is 7.84. The molecule has 31 heavy (non-hydrogen) atoms. The van der Waals surface area contributed by atoms with Crippen LogP contribution in [0.2, 0.25) is 18.1 Å². The van der Waals surface area contributed by atoms with Gasteiger partial charge in [-0.25, -0.2) is 8.93 Å². The molecule has 0 radical (unpaired) electrons. The molecule has 0 aliphatic carbocycles. The molecule has 0 amide bonds. The zero-order valence-corrected chi connectivity index (χ0v) is 23.0. The van der Waals surface area contributed by atoms with E-state index < -0.39 is 29.6 Å². The zero-order valence-electron chi connectivity index (χ0n) is 21.2. The summed E-state index contributed by atoms with van der Waals surface area (Å²) in [6, 6.07) is 5.76. The fourth-order valence-corrected chi connectivity index (χ4v) is 4.96. The average molecular weight is 470 g/mol. The number of methoxy groups -OCH3 is 2. The van der Waals surface area contributed by atoms with Crippen molar-refractivity contribution >= 4 is 19.3 Å². The Morgan fingerprint density at radius 3 is 2.16 bits per heavy atom. The Morgan fingerprint density at radius 2 is 1.71 bits per heavy atom. The first-order chi connectivity index (χ1) is 14.1. The summed E-state index contributed by atoms with van der Waals surface area (Å²) in [5, 5.41) is 0.119. The highest BCUT2D eigenvalue weighted by atomic mass is 32.2. The topological polar surface area (TPSA) is 56.8 Å². The molecule has 1 aromatic carbocycles. The lowest BCUT2D eigenvalue weighted by Gasteiger charge is -2.40. The molecule has 178 valence electrons. The first-order valence-electron chi connectivity index (χ1n) is 10.8. The van der Waals surface area contributed by atoms with Crippen molar-refractivity contribution in [1.29, 1.82) is 0 Å². The number of hydrogen-bond acceptors (Lipinski definition) is 4. The van der Waals surface area contributed by atoms with Crippen LogP contribution in [0.1, 0.15) is 59.9 Å². The van der Waals surface area contributed by atoms with Crippen molar-refractivity contribution in [1.82, 2.24) is 4.72 Å². The lowest BCUT2D eigenvalue weighted by molar-refractivity contribution is 0.226. The molecule has 0 bridgehead atoms. The second-order valence-corrected chi connectivity index (χ2v) is 17.3. The molecule has 0 aliphatic heterocycles. The van der Waals surface area contributed by atoms with Gasteiger partial charge in [0.1, 0.15) is 11.5 Å². The van der Waals surface area contributed by atoms with Gasteiger partial charge in [-0.3, -0.25) is 0 Å². The molecule has 0 heterocycles. The summed E-state index contributed by atoms with van der Waals surface area (Å²) in [4.78, 5) is 0. The molecule has 5 nitrogen and oxygen atoms in total. The maximum absolute atomic E-state index is 13.2. The highest BCUT2D eigenvalue weighted by Crippen LogP contribution is 2.41. The van der Waals surface area contributed by atoms with E-state index in [9.17, 15) is 4.21 Å². The third-order valence-corrected chi connectivity index (χ3v) is 12.3. The second-order valence-electron chi connectivity index (χ2n) is 10.5. The summed E-state index contributed by atoms with van der Waals surface area (Å²) >= 11 is 0. The van der Waals surface area contributed by atoms with Crippen LogP contribution < -0.4 is 14.2 Å². The van der Waals surface area contributed by atoms with Crippen molar-refractivity contribution in [2.24, 2.45) is 0 Å². The van der Waals surface area contributed by atoms with E-state index in [0.29, 0.717) is 30.9 Å². The minimum absolute atomic E-state index is 0.119. The van der Waals surface area contributed by atoms with Crippen molar-refractivity contribution in [3.05, 3.63) is 36.4 Å². The summed E-state index contributed by atoms with van der Waals surface area (Å²) < 4.78 is 33.9. The Balaban J connectivity index is 3.46. The fourth-order valence-electron chi connectivity index (χ4n) is 2.96. The molecule has 1 rings (SSSR count). The van der Waals surface area contributed by atoms with E-state index >= 15 is 0 Å². The van der Waals surface area contributed by atoms with E-state index in [2.05, 4.69) is 45.2 Å². The summed E-state index contributed by atoms with van der Waals surface area (Å²) in [7, 11) is 0.0539. The largest absolute Gasteiger partial charge is 0.497 e. The second kappa shape index (κ2) is 10.6. The molecule has 0 fully saturated rings. The molecular weight excluding hydrogens is 426 g/mol. The Kier molecular flexibility index (Phi) is 9.57. The van der Waals surface area contributed by atoms with E-state index in [-0.39, 0.29) is 5.04 Å². The van der Waals surface area contributed by atoms with E-state index in [0.717, 1.165) is 5.56 Å². The summed E-state index contributed by atoms with van der Waals surface area (Å²) in [6.07, 6.45) is 3.08. The number of hydrogen-bond donors (Lipinski definition) is 1. The third-order valence-electron chi connectivity index (χ3n) is 6.06. The van der Waals surface area contributed by atoms with E-state index in [1.165, 1.54) is 0 Å². The zero-order chi connectivity index (χ0) is 24.1. The van der Waals surface area contributed by atoms with Gasteiger partial charge in [0.15, 0.2) is 8.32 Å². The molecule has 2 atom stereocenters. The molecule has 0 saturated heterocycles. The van der Waals surface area contributed by atoms with Gasteiger partial charge in [0, 0.05) is 18.2 Å². The van der Waals surface area contributed by atoms with Gasteiger partial charge in [-0.05, 0) is 63.9 Å². The van der Waals surface area contributed by atoms with Gasteiger partial charge in [-0.15, -0.1) is 6.58 Å². The van der Waals surface area contributed by atoms with Crippen molar-refractivity contribution in [3.8, 4) is 11.5 Å². The molecule has 0 aliphatic rings. The van der Waals surface area contributed by atoms with Gasteiger partial charge in [-0.2, -0.15) is 0 Å². The van der Waals surface area contributed by atoms with Crippen LogP contribution in [0.3, 0.4) is 0 Å². The Hall–Kier alpha value is -1.15. The van der Waals surface area contributed by atoms with Gasteiger partial charge in [0.2, 0.25) is 0 Å². The van der Waals surface area contributed by atoms with Gasteiger partial charge in [0.25, 0.3) is 0 Å². The van der Waals surface area contributed by atoms with Gasteiger partial charge in [0.05, 0.1) is 35.5 Å². The number of nitrogens with one attached hydrogen (secondary N) is 1. The van der Waals surface area contributed by atoms with E-state index in [1.807, 2.05) is 45.0 Å². The van der Waals surface area contributed by atoms with Crippen LogP contribution >= 0.6 is 0 Å². The predicted molar refractivity (Wildman–Crippen MR) is 135 cm³/mol. The van der Waals surface area contributed by atoms with Crippen molar-refractivity contribution < 1.29 is 18.1 Å². The minimum Gasteiger partial charge on any atom is -0.497 e. The summed E-state index contributed by atoms with van der Waals surface area (Å²) in [5.41, 5.74) is 0.270. The van der Waals surface area contributed by atoms with E-state index in [1.54, 1.807) is 14.2 Å². The van der Waals surface area contributed by atoms with E-state index in [4.69, 9.17) is 13.9 Å². The molecular formula is C24H43NO4SSi. The standard InChI is InChI=1S/C24H43NO4SSi/c1-12-15-24(25-30(26)22(2,3)4,16-17-29-31(10,11)23(5,6)7)20-14-13-19(27-8)18-21(20)28-9/h12-14,18,25H,1,15-17H2,2-11H3. The highest BCUT2D eigenvalue weighted by Gasteiger charge is 2.41. The molecule has 2 unspecified atom stereocenters. The minimum atomic E-state index is -1.92. The Labute approximate surface area is 193 Å². The lowest BCUT2D eigenvalue weighted by atomic mass is 9.84. The quantitative estimate of drug-likeness (QED) is 0.322. The molecule has 0 saturated carbocycles. The Morgan fingerprint density at radius 1 is 1.10 bits per heavy atom. The third kappa shape index (κ3) is 7.17. The average Bonchev–Trinajstić information content (AvgIpc) is 2.65. The molecule has 0 spiro atoms. The normalized spacial score (nSPS) is 15.8. The number of benzene rings is 1. The van der Waals surface area contributed by atoms with Crippen LogP contribution in [0, 0.1) is 0 Å². The smallest absolute Gasteiger partial charge is 0.191 e. The molecule has 1 N–H and O–H groups in total. The fraction of sp³-hybridized carbons (Fsp3) is 0.667. The first kappa shape index (κ1) is 27.9. The van der Waals surface area contributed by atoms with Gasteiger partial charge < -0.3 is 13.9 Å². The number of rotatable bonds is 11. The van der Waals surface area contributed by atoms with Crippen LogP contribution in [-0.2, 0) is 21.0 Å². The van der Waals surface area contributed by atoms with Gasteiger partial charge >= 0.3 is 0 Å². The SMILES string of the molecule is C=CCC(CCO[Si](C)(C)C(C)(C)C)(NS(=O)C(C)(C)C)c1ccc(OC)cc1OC. The summed E-state index contributed by atoms with van der Waals surface area (Å²) in [6.45, 7) is 21.6. The van der Waals surface area contributed by atoms with Gasteiger partial charge in [-0.1, -0.05) is 26.8 Å². The predicted octanol–water partition coefficient (Wildman–Crippen LogP) is 5.94. The van der Waals surface area contributed by atoms with Crippen LogP contribution in [0.5, 0.6) is 11.5 Å². The van der Waals surface area contributed by atoms with Crippen LogP contribution in [0.15, 0.2) is 30.9 Å². The monoisotopic (exact) mass is 469 g/mol. The lowest BCUT2D eigenvalue weighted by Crippen LogP contribution is -2.49. The summed E-state index contributed by atoms with van der Waals surface area (Å²) in [5.74, 6) is 1.40. The maximum Gasteiger partial charge on any atom is 0.191 e. The van der Waals surface area contributed by atoms with Crippen LogP contribution in [0.4, 0.5) is 0 Å². The number of ether oxygens (including phenoxy) is 2. The first-order valence-corrected chi connectivity index (χ1v) is 14.9. The Bertz CT molecular complexity index is 768. The molecule has 1 aromatic rings. The molecule has 0 aromatic heterocycles. The van der Waals surface area contributed by atoms with Crippen LogP contribution in [-0.4, -0.2) is 38.1 Å². The molecule has 7 heteroatoms. The maximum atomic E-state index is 13.2. The van der Waals surface area contributed by atoms with Crippen molar-refractivity contribution in [3.63, 3.8) is 0 Å². The van der Waals surface area contributed by atoms with Crippen molar-refractivity contribution in [2.45, 2.75) is 82.8 Å².